The summed E-state index contributed by atoms with van der Waals surface area (Å²) in [5.74, 6) is -1.02. The molecule has 1 saturated heterocycles. The number of benzene rings is 1. The van der Waals surface area contributed by atoms with Gasteiger partial charge in [-0.2, -0.15) is 4.72 Å². The molecular weight excluding hydrogens is 436 g/mol. The van der Waals surface area contributed by atoms with Crippen molar-refractivity contribution in [2.24, 2.45) is 0 Å². The highest BCUT2D eigenvalue weighted by Crippen LogP contribution is 2.21. The fourth-order valence-corrected chi connectivity index (χ4v) is 4.67. The second kappa shape index (κ2) is 9.66. The van der Waals surface area contributed by atoms with Crippen LogP contribution in [0.3, 0.4) is 0 Å². The van der Waals surface area contributed by atoms with Gasteiger partial charge in [-0.25, -0.2) is 8.42 Å². The Morgan fingerprint density at radius 1 is 1.37 bits per heavy atom. The van der Waals surface area contributed by atoms with Gasteiger partial charge in [-0.3, -0.25) is 9.59 Å². The Hall–Kier alpha value is -1.45. The molecule has 1 aliphatic heterocycles. The van der Waals surface area contributed by atoms with Crippen LogP contribution in [0.15, 0.2) is 33.6 Å². The lowest BCUT2D eigenvalue weighted by atomic mass is 9.99. The lowest BCUT2D eigenvalue weighted by Crippen LogP contribution is -2.48. The van der Waals surface area contributed by atoms with E-state index in [1.54, 1.807) is 17.0 Å². The van der Waals surface area contributed by atoms with E-state index in [-0.39, 0.29) is 16.8 Å². The van der Waals surface area contributed by atoms with Gasteiger partial charge in [-0.1, -0.05) is 28.9 Å². The molecule has 150 valence electrons. The minimum absolute atomic E-state index is 0.0351. The molecule has 2 rings (SSSR count). The van der Waals surface area contributed by atoms with Crippen LogP contribution in [0.25, 0.3) is 0 Å². The maximum Gasteiger partial charge on any atom is 0.321 e. The van der Waals surface area contributed by atoms with Gasteiger partial charge >= 0.3 is 5.97 Å². The van der Waals surface area contributed by atoms with E-state index in [4.69, 9.17) is 4.74 Å². The van der Waals surface area contributed by atoms with E-state index in [0.717, 1.165) is 25.7 Å². The van der Waals surface area contributed by atoms with Gasteiger partial charge in [0.1, 0.15) is 6.54 Å². The number of nitrogens with zero attached hydrogens (tertiary/aromatic N) is 1. The molecule has 1 aromatic rings. The number of rotatable bonds is 7. The summed E-state index contributed by atoms with van der Waals surface area (Å²) in [5.41, 5.74) is 0. The van der Waals surface area contributed by atoms with E-state index in [0.29, 0.717) is 11.0 Å². The van der Waals surface area contributed by atoms with Gasteiger partial charge < -0.3 is 9.64 Å². The molecule has 0 bridgehead atoms. The molecule has 1 N–H and O–H groups in total. The third-order valence-electron chi connectivity index (χ3n) is 4.55. The van der Waals surface area contributed by atoms with E-state index in [1.807, 2.05) is 6.92 Å². The Balaban J connectivity index is 1.90. The molecule has 7 nitrogen and oxygen atoms in total. The summed E-state index contributed by atoms with van der Waals surface area (Å²) in [4.78, 5) is 26.4. The highest BCUT2D eigenvalue weighted by Gasteiger charge is 2.30. The summed E-state index contributed by atoms with van der Waals surface area (Å²) in [5, 5.41) is 0. The second-order valence-electron chi connectivity index (χ2n) is 6.50. The van der Waals surface area contributed by atoms with Crippen LogP contribution in [0, 0.1) is 0 Å². The molecule has 1 fully saturated rings. The predicted octanol–water partition coefficient (Wildman–Crippen LogP) is 2.45. The number of nitrogens with one attached hydrogen (secondary N) is 1. The van der Waals surface area contributed by atoms with Crippen molar-refractivity contribution in [3.63, 3.8) is 0 Å². The van der Waals surface area contributed by atoms with Crippen LogP contribution in [-0.2, 0) is 24.3 Å². The zero-order valence-electron chi connectivity index (χ0n) is 15.5. The molecule has 0 aromatic heterocycles. The molecule has 0 saturated carbocycles. The monoisotopic (exact) mass is 460 g/mol. The molecule has 1 heterocycles. The average Bonchev–Trinajstić information content (AvgIpc) is 2.65. The van der Waals surface area contributed by atoms with Gasteiger partial charge in [0.25, 0.3) is 5.91 Å². The molecule has 1 amide bonds. The molecule has 9 heteroatoms. The lowest BCUT2D eigenvalue weighted by Gasteiger charge is -2.36. The van der Waals surface area contributed by atoms with E-state index in [1.165, 1.54) is 19.1 Å². The number of hydrogen-bond donors (Lipinski definition) is 1. The van der Waals surface area contributed by atoms with Gasteiger partial charge in [0.05, 0.1) is 4.90 Å². The first-order valence-electron chi connectivity index (χ1n) is 8.99. The minimum Gasteiger partial charge on any atom is -0.452 e. The van der Waals surface area contributed by atoms with Gasteiger partial charge in [-0.05, 0) is 50.8 Å². The quantitative estimate of drug-likeness (QED) is 0.630. The number of carbonyl (C=O) groups is 2. The SMILES string of the molecule is CCC1CCCCN1C(=O)C(C)OC(=O)CNS(=O)(=O)c1cccc(Br)c1. The van der Waals surface area contributed by atoms with E-state index < -0.39 is 28.6 Å². The Bertz CT molecular complexity index is 784. The summed E-state index contributed by atoms with van der Waals surface area (Å²) in [6.45, 7) is 3.67. The van der Waals surface area contributed by atoms with Crippen molar-refractivity contribution < 1.29 is 22.7 Å². The number of amides is 1. The number of halogens is 1. The van der Waals surface area contributed by atoms with E-state index in [9.17, 15) is 18.0 Å². The Kier molecular flexibility index (Phi) is 7.81. The van der Waals surface area contributed by atoms with Crippen molar-refractivity contribution in [2.45, 2.75) is 56.6 Å². The first-order chi connectivity index (χ1) is 12.7. The smallest absolute Gasteiger partial charge is 0.321 e. The van der Waals surface area contributed by atoms with Gasteiger partial charge in [-0.15, -0.1) is 0 Å². The lowest BCUT2D eigenvalue weighted by molar-refractivity contribution is -0.160. The molecule has 0 radical (unpaired) electrons. The van der Waals surface area contributed by atoms with Crippen LogP contribution in [0.5, 0.6) is 0 Å². The number of esters is 1. The zero-order chi connectivity index (χ0) is 20.0. The Morgan fingerprint density at radius 2 is 2.11 bits per heavy atom. The number of likely N-dealkylation sites (tertiary alicyclic amines) is 1. The molecule has 1 aromatic carbocycles. The Morgan fingerprint density at radius 3 is 2.78 bits per heavy atom. The standard InChI is InChI=1S/C18H25BrN2O5S/c1-3-15-8-4-5-10-21(15)18(23)13(2)26-17(22)12-20-27(24,25)16-9-6-7-14(19)11-16/h6-7,9,11,13,15,20H,3-5,8,10,12H2,1-2H3. The van der Waals surface area contributed by atoms with Crippen molar-refractivity contribution in [2.75, 3.05) is 13.1 Å². The van der Waals surface area contributed by atoms with Crippen LogP contribution in [0.2, 0.25) is 0 Å². The number of piperidine rings is 1. The zero-order valence-corrected chi connectivity index (χ0v) is 17.9. The first kappa shape index (κ1) is 21.8. The maximum atomic E-state index is 12.6. The molecule has 1 aliphatic rings. The van der Waals surface area contributed by atoms with Gasteiger partial charge in [0.2, 0.25) is 10.0 Å². The van der Waals surface area contributed by atoms with Crippen molar-refractivity contribution in [3.8, 4) is 0 Å². The van der Waals surface area contributed by atoms with E-state index >= 15 is 0 Å². The predicted molar refractivity (Wildman–Crippen MR) is 105 cm³/mol. The maximum absolute atomic E-state index is 12.6. The van der Waals surface area contributed by atoms with Crippen molar-refractivity contribution in [3.05, 3.63) is 28.7 Å². The summed E-state index contributed by atoms with van der Waals surface area (Å²) >= 11 is 3.21. The number of sulfonamides is 1. The average molecular weight is 461 g/mol. The third-order valence-corrected chi connectivity index (χ3v) is 6.44. The molecule has 2 atom stereocenters. The van der Waals surface area contributed by atoms with Crippen molar-refractivity contribution in [1.82, 2.24) is 9.62 Å². The van der Waals surface area contributed by atoms with Crippen LogP contribution in [0.4, 0.5) is 0 Å². The highest BCUT2D eigenvalue weighted by molar-refractivity contribution is 9.10. The summed E-state index contributed by atoms with van der Waals surface area (Å²) in [7, 11) is -3.84. The van der Waals surface area contributed by atoms with Gasteiger partial charge in [0, 0.05) is 17.1 Å². The summed E-state index contributed by atoms with van der Waals surface area (Å²) in [6, 6.07) is 6.31. The van der Waals surface area contributed by atoms with Crippen LogP contribution >= 0.6 is 15.9 Å². The first-order valence-corrected chi connectivity index (χ1v) is 11.3. The fraction of sp³-hybridized carbons (Fsp3) is 0.556. The minimum atomic E-state index is -3.84. The largest absolute Gasteiger partial charge is 0.452 e. The van der Waals surface area contributed by atoms with Gasteiger partial charge in [0.15, 0.2) is 6.10 Å². The normalized spacial score (nSPS) is 18.8. The van der Waals surface area contributed by atoms with Crippen LogP contribution in [0.1, 0.15) is 39.5 Å². The molecule has 27 heavy (non-hydrogen) atoms. The molecular formula is C18H25BrN2O5S. The van der Waals surface area contributed by atoms with Crippen LogP contribution in [-0.4, -0.2) is 50.4 Å². The summed E-state index contributed by atoms with van der Waals surface area (Å²) in [6.07, 6.45) is 2.90. The van der Waals surface area contributed by atoms with E-state index in [2.05, 4.69) is 20.7 Å². The van der Waals surface area contributed by atoms with Crippen molar-refractivity contribution in [1.29, 1.82) is 0 Å². The topological polar surface area (TPSA) is 92.8 Å². The Labute approximate surface area is 168 Å². The summed E-state index contributed by atoms with van der Waals surface area (Å²) < 4.78 is 32.4. The third kappa shape index (κ3) is 6.02. The highest BCUT2D eigenvalue weighted by atomic mass is 79.9. The fourth-order valence-electron chi connectivity index (χ4n) is 3.11. The second-order valence-corrected chi connectivity index (χ2v) is 9.19. The number of carbonyl (C=O) groups excluding carboxylic acids is 2. The number of ether oxygens (including phenoxy) is 1. The molecule has 2 unspecified atom stereocenters. The number of hydrogen-bond acceptors (Lipinski definition) is 5. The van der Waals surface area contributed by atoms with Crippen molar-refractivity contribution >= 4 is 37.8 Å². The molecule has 0 aliphatic carbocycles. The molecule has 0 spiro atoms. The van der Waals surface area contributed by atoms with Crippen LogP contribution < -0.4 is 4.72 Å².